The van der Waals surface area contributed by atoms with Crippen LogP contribution in [0.3, 0.4) is 0 Å². The van der Waals surface area contributed by atoms with E-state index in [-0.39, 0.29) is 5.82 Å². The van der Waals surface area contributed by atoms with Crippen molar-refractivity contribution in [1.29, 1.82) is 0 Å². The molecule has 0 amide bonds. The van der Waals surface area contributed by atoms with E-state index in [0.29, 0.717) is 18.9 Å². The van der Waals surface area contributed by atoms with Crippen molar-refractivity contribution in [3.8, 4) is 5.75 Å². The van der Waals surface area contributed by atoms with Gasteiger partial charge in [0.1, 0.15) is 6.61 Å². The molecule has 2 rings (SSSR count). The second-order valence-electron chi connectivity index (χ2n) is 5.33. The van der Waals surface area contributed by atoms with Gasteiger partial charge in [-0.2, -0.15) is 0 Å². The van der Waals surface area contributed by atoms with Crippen LogP contribution in [0.5, 0.6) is 5.75 Å². The Morgan fingerprint density at radius 3 is 2.33 bits per heavy atom. The number of benzene rings is 2. The lowest BCUT2D eigenvalue weighted by Crippen LogP contribution is -2.11. The highest BCUT2D eigenvalue weighted by molar-refractivity contribution is 5.31. The molecule has 2 nitrogen and oxygen atoms in total. The summed E-state index contributed by atoms with van der Waals surface area (Å²) in [6.07, 6.45) is 0. The van der Waals surface area contributed by atoms with Crippen molar-refractivity contribution in [2.45, 2.75) is 33.9 Å². The fourth-order valence-corrected chi connectivity index (χ4v) is 2.35. The molecule has 0 unspecified atom stereocenters. The zero-order chi connectivity index (χ0) is 15.2. The van der Waals surface area contributed by atoms with Gasteiger partial charge in [-0.25, -0.2) is 4.39 Å². The first kappa shape index (κ1) is 15.5. The van der Waals surface area contributed by atoms with Crippen molar-refractivity contribution < 1.29 is 9.13 Å². The van der Waals surface area contributed by atoms with E-state index >= 15 is 0 Å². The van der Waals surface area contributed by atoms with Gasteiger partial charge >= 0.3 is 0 Å². The summed E-state index contributed by atoms with van der Waals surface area (Å²) >= 11 is 0. The first-order valence-electron chi connectivity index (χ1n) is 7.27. The summed E-state index contributed by atoms with van der Waals surface area (Å²) in [6.45, 7) is 8.04. The van der Waals surface area contributed by atoms with E-state index in [4.69, 9.17) is 4.74 Å². The Hall–Kier alpha value is -1.87. The fourth-order valence-electron chi connectivity index (χ4n) is 2.35. The summed E-state index contributed by atoms with van der Waals surface area (Å²) in [5.74, 6) is -0.0100. The Kier molecular flexibility index (Phi) is 5.34. The van der Waals surface area contributed by atoms with Gasteiger partial charge in [-0.05, 0) is 43.7 Å². The Morgan fingerprint density at radius 1 is 1.00 bits per heavy atom. The van der Waals surface area contributed by atoms with Crippen molar-refractivity contribution in [1.82, 2.24) is 5.32 Å². The minimum absolute atomic E-state index is 0.300. The summed E-state index contributed by atoms with van der Waals surface area (Å²) in [4.78, 5) is 0. The third-order valence-electron chi connectivity index (χ3n) is 3.25. The first-order valence-corrected chi connectivity index (χ1v) is 7.27. The normalized spacial score (nSPS) is 10.7. The zero-order valence-electron chi connectivity index (χ0n) is 12.9. The maximum Gasteiger partial charge on any atom is 0.165 e. The third-order valence-corrected chi connectivity index (χ3v) is 3.25. The summed E-state index contributed by atoms with van der Waals surface area (Å²) in [5, 5.41) is 3.17. The van der Waals surface area contributed by atoms with E-state index in [9.17, 15) is 4.39 Å². The molecule has 1 N–H and O–H groups in total. The van der Waals surface area contributed by atoms with Crippen LogP contribution in [-0.2, 0) is 13.2 Å². The molecule has 0 saturated carbocycles. The number of aryl methyl sites for hydroxylation is 2. The summed E-state index contributed by atoms with van der Waals surface area (Å²) in [6, 6.07) is 11.3. The highest BCUT2D eigenvalue weighted by atomic mass is 19.1. The molecule has 3 heteroatoms. The fraction of sp³-hybridized carbons (Fsp3) is 0.333. The Bertz CT molecular complexity index is 590. The zero-order valence-corrected chi connectivity index (χ0v) is 12.9. The number of nitrogens with one attached hydrogen (secondary N) is 1. The molecule has 21 heavy (non-hydrogen) atoms. The van der Waals surface area contributed by atoms with Crippen LogP contribution in [0.4, 0.5) is 4.39 Å². The van der Waals surface area contributed by atoms with E-state index in [1.54, 1.807) is 6.07 Å². The quantitative estimate of drug-likeness (QED) is 0.862. The number of hydrogen-bond acceptors (Lipinski definition) is 2. The number of hydrogen-bond donors (Lipinski definition) is 1. The molecule has 0 fully saturated rings. The summed E-state index contributed by atoms with van der Waals surface area (Å²) < 4.78 is 19.6. The average Bonchev–Trinajstić information content (AvgIpc) is 2.43. The summed E-state index contributed by atoms with van der Waals surface area (Å²) in [7, 11) is 0. The van der Waals surface area contributed by atoms with E-state index in [2.05, 4.69) is 23.5 Å². The lowest BCUT2D eigenvalue weighted by atomic mass is 10.1. The van der Waals surface area contributed by atoms with Crippen LogP contribution in [0.2, 0.25) is 0 Å². The van der Waals surface area contributed by atoms with Crippen molar-refractivity contribution in [3.63, 3.8) is 0 Å². The van der Waals surface area contributed by atoms with E-state index in [1.165, 1.54) is 17.2 Å². The maximum atomic E-state index is 14.0. The highest BCUT2D eigenvalue weighted by Crippen LogP contribution is 2.20. The van der Waals surface area contributed by atoms with Crippen LogP contribution >= 0.6 is 0 Å². The second kappa shape index (κ2) is 7.23. The van der Waals surface area contributed by atoms with Gasteiger partial charge in [0.25, 0.3) is 0 Å². The molecular weight excluding hydrogens is 265 g/mol. The lowest BCUT2D eigenvalue weighted by molar-refractivity contribution is 0.290. The molecule has 0 aliphatic rings. The third kappa shape index (κ3) is 4.57. The predicted octanol–water partition coefficient (Wildman–Crippen LogP) is 4.13. The van der Waals surface area contributed by atoms with Crippen LogP contribution in [0.25, 0.3) is 0 Å². The van der Waals surface area contributed by atoms with Crippen molar-refractivity contribution in [2.75, 3.05) is 6.54 Å². The number of rotatable bonds is 6. The SMILES string of the molecule is CCNCc1ccc(OCc2cc(C)cc(C)c2)c(F)c1. The molecule has 0 atom stereocenters. The van der Waals surface area contributed by atoms with Crippen molar-refractivity contribution >= 4 is 0 Å². The Balaban J connectivity index is 2.02. The van der Waals surface area contributed by atoms with Crippen molar-refractivity contribution in [2.24, 2.45) is 0 Å². The van der Waals surface area contributed by atoms with E-state index < -0.39 is 0 Å². The van der Waals surface area contributed by atoms with Gasteiger partial charge in [0.15, 0.2) is 11.6 Å². The molecule has 0 bridgehead atoms. The lowest BCUT2D eigenvalue weighted by Gasteiger charge is -2.10. The van der Waals surface area contributed by atoms with Crippen LogP contribution < -0.4 is 10.1 Å². The standard InChI is InChI=1S/C18H22FNO/c1-4-20-11-15-5-6-18(17(19)10-15)21-12-16-8-13(2)7-14(3)9-16/h5-10,20H,4,11-12H2,1-3H3. The number of halogens is 1. The van der Waals surface area contributed by atoms with Gasteiger partial charge in [-0.3, -0.25) is 0 Å². The largest absolute Gasteiger partial charge is 0.486 e. The molecule has 2 aromatic carbocycles. The van der Waals surface area contributed by atoms with E-state index in [0.717, 1.165) is 17.7 Å². The van der Waals surface area contributed by atoms with Gasteiger partial charge < -0.3 is 10.1 Å². The molecular formula is C18H22FNO. The molecule has 2 aromatic rings. The molecule has 0 spiro atoms. The molecule has 0 heterocycles. The molecule has 112 valence electrons. The predicted molar refractivity (Wildman–Crippen MR) is 84.0 cm³/mol. The smallest absolute Gasteiger partial charge is 0.165 e. The Morgan fingerprint density at radius 2 is 1.71 bits per heavy atom. The molecule has 0 radical (unpaired) electrons. The average molecular weight is 287 g/mol. The second-order valence-corrected chi connectivity index (χ2v) is 5.33. The van der Waals surface area contributed by atoms with Gasteiger partial charge in [0.05, 0.1) is 0 Å². The minimum atomic E-state index is -0.310. The van der Waals surface area contributed by atoms with Gasteiger partial charge in [-0.15, -0.1) is 0 Å². The molecule has 0 aliphatic heterocycles. The van der Waals surface area contributed by atoms with Crippen LogP contribution in [-0.4, -0.2) is 6.54 Å². The molecule has 0 aliphatic carbocycles. The Labute approximate surface area is 126 Å². The van der Waals surface area contributed by atoms with Gasteiger partial charge in [0.2, 0.25) is 0 Å². The molecule has 0 saturated heterocycles. The summed E-state index contributed by atoms with van der Waals surface area (Å²) in [5.41, 5.74) is 4.36. The first-order chi connectivity index (χ1) is 10.1. The van der Waals surface area contributed by atoms with Gasteiger partial charge in [0, 0.05) is 6.54 Å². The van der Waals surface area contributed by atoms with Crippen molar-refractivity contribution in [3.05, 3.63) is 64.5 Å². The monoisotopic (exact) mass is 287 g/mol. The van der Waals surface area contributed by atoms with Gasteiger partial charge in [-0.1, -0.05) is 42.3 Å². The minimum Gasteiger partial charge on any atom is -0.486 e. The maximum absolute atomic E-state index is 14.0. The van der Waals surface area contributed by atoms with Crippen LogP contribution in [0.15, 0.2) is 36.4 Å². The van der Waals surface area contributed by atoms with Crippen LogP contribution in [0.1, 0.15) is 29.2 Å². The van der Waals surface area contributed by atoms with Crippen LogP contribution in [0, 0.1) is 19.7 Å². The number of ether oxygens (including phenoxy) is 1. The van der Waals surface area contributed by atoms with E-state index in [1.807, 2.05) is 26.8 Å². The topological polar surface area (TPSA) is 21.3 Å². The highest BCUT2D eigenvalue weighted by Gasteiger charge is 2.05. The molecule has 0 aromatic heterocycles.